The summed E-state index contributed by atoms with van der Waals surface area (Å²) in [5.74, 6) is -2.47. The Morgan fingerprint density at radius 1 is 1.33 bits per heavy atom. The van der Waals surface area contributed by atoms with Crippen LogP contribution in [0.25, 0.3) is 0 Å². The molecule has 0 spiro atoms. The van der Waals surface area contributed by atoms with Crippen LogP contribution in [0, 0.1) is 5.41 Å². The molecule has 14 nitrogen and oxygen atoms in total. The second kappa shape index (κ2) is 10.3. The number of aryl methyl sites for hydroxylation is 1. The number of nitrogens with zero attached hydrogens (tertiary/aromatic N) is 5. The molecule has 2 amide bonds. The number of aliphatic hydroxyl groups excluding tert-OH is 1. The maximum absolute atomic E-state index is 12.8. The standard InChI is InChI=1S/C19H23N7O7S3/c20-36(32,33)7-6-26-18(22-23-24-26)35-10-19(17(30)31)8-25-15(29)12(16(25)34-9-19)21-14(28)13(27)11-4-2-1-3-5-11/h1-5,12-13,16,27H,6-10H2,(H,21,28)(H,30,31)(H2,20,32,33)/t12?,13?,16-,19?/m1/s1. The minimum atomic E-state index is -3.74. The van der Waals surface area contributed by atoms with Gasteiger partial charge in [-0.2, -0.15) is 0 Å². The molecule has 36 heavy (non-hydrogen) atoms. The maximum Gasteiger partial charge on any atom is 0.313 e. The predicted octanol–water partition coefficient (Wildman–Crippen LogP) is -1.74. The van der Waals surface area contributed by atoms with Gasteiger partial charge in [0.25, 0.3) is 5.91 Å². The molecule has 4 atom stereocenters. The van der Waals surface area contributed by atoms with Gasteiger partial charge in [0.2, 0.25) is 21.1 Å². The molecule has 2 aliphatic heterocycles. The van der Waals surface area contributed by atoms with Crippen LogP contribution < -0.4 is 10.5 Å². The molecule has 0 bridgehead atoms. The molecular weight excluding hydrogens is 534 g/mol. The number of hydrogen-bond donors (Lipinski definition) is 4. The summed E-state index contributed by atoms with van der Waals surface area (Å²) in [7, 11) is -3.74. The largest absolute Gasteiger partial charge is 0.481 e. The van der Waals surface area contributed by atoms with Crippen molar-refractivity contribution in [3.05, 3.63) is 35.9 Å². The summed E-state index contributed by atoms with van der Waals surface area (Å²) < 4.78 is 23.7. The normalized spacial score (nSPS) is 24.5. The SMILES string of the molecule is NS(=O)(=O)CCn1nnnc1SCC1(C(=O)O)CS[C@@H]2C(NC(=O)C(O)c3ccccc3)C(=O)N2C1. The van der Waals surface area contributed by atoms with Crippen molar-refractivity contribution in [3.8, 4) is 0 Å². The Bertz CT molecular complexity index is 1260. The Hall–Kier alpha value is -2.73. The number of aliphatic carboxylic acids is 1. The quantitative estimate of drug-likeness (QED) is 0.189. The number of nitrogens with two attached hydrogens (primary N) is 1. The van der Waals surface area contributed by atoms with Crippen LogP contribution in [0.15, 0.2) is 35.5 Å². The Balaban J connectivity index is 1.38. The van der Waals surface area contributed by atoms with E-state index >= 15 is 0 Å². The van der Waals surface area contributed by atoms with Crippen LogP contribution in [0.1, 0.15) is 11.7 Å². The number of carbonyl (C=O) groups excluding carboxylic acids is 2. The van der Waals surface area contributed by atoms with Crippen molar-refractivity contribution in [2.75, 3.05) is 23.8 Å². The van der Waals surface area contributed by atoms with Crippen molar-refractivity contribution >= 4 is 51.3 Å². The molecular formula is C19H23N7O7S3. The number of nitrogens with one attached hydrogen (secondary N) is 1. The number of aliphatic hydroxyl groups is 1. The molecule has 2 fully saturated rings. The van der Waals surface area contributed by atoms with Crippen molar-refractivity contribution in [3.63, 3.8) is 0 Å². The van der Waals surface area contributed by atoms with Crippen LogP contribution in [0.5, 0.6) is 0 Å². The summed E-state index contributed by atoms with van der Waals surface area (Å²) in [6.45, 7) is -0.177. The maximum atomic E-state index is 12.8. The van der Waals surface area contributed by atoms with E-state index in [0.29, 0.717) is 5.56 Å². The molecule has 0 aliphatic carbocycles. The molecule has 17 heteroatoms. The average Bonchev–Trinajstić information content (AvgIpc) is 3.31. The number of carboxylic acid groups (broad SMARTS) is 1. The minimum Gasteiger partial charge on any atom is -0.481 e. The van der Waals surface area contributed by atoms with E-state index in [2.05, 4.69) is 20.8 Å². The molecule has 1 aromatic heterocycles. The number of thioether (sulfide) groups is 2. The number of rotatable bonds is 10. The lowest BCUT2D eigenvalue weighted by atomic mass is 9.89. The fourth-order valence-electron chi connectivity index (χ4n) is 3.78. The smallest absolute Gasteiger partial charge is 0.313 e. The van der Waals surface area contributed by atoms with E-state index in [0.717, 1.165) is 11.8 Å². The highest BCUT2D eigenvalue weighted by molar-refractivity contribution is 8.00. The molecule has 0 saturated carbocycles. The van der Waals surface area contributed by atoms with Crippen LogP contribution in [-0.4, -0.2) is 96.7 Å². The number of tetrazole rings is 1. The van der Waals surface area contributed by atoms with Crippen molar-refractivity contribution in [2.45, 2.75) is 29.2 Å². The van der Waals surface area contributed by atoms with Crippen LogP contribution in [0.3, 0.4) is 0 Å². The highest BCUT2D eigenvalue weighted by atomic mass is 32.2. The number of hydrogen-bond acceptors (Lipinski definition) is 11. The van der Waals surface area contributed by atoms with E-state index in [1.54, 1.807) is 30.3 Å². The zero-order chi connectivity index (χ0) is 26.1. The number of carbonyl (C=O) groups is 3. The molecule has 3 heterocycles. The monoisotopic (exact) mass is 557 g/mol. The lowest BCUT2D eigenvalue weighted by Crippen LogP contribution is -2.74. The molecule has 3 unspecified atom stereocenters. The van der Waals surface area contributed by atoms with Gasteiger partial charge >= 0.3 is 5.97 Å². The molecule has 194 valence electrons. The number of amides is 2. The highest BCUT2D eigenvalue weighted by Crippen LogP contribution is 2.44. The number of carboxylic acids is 1. The summed E-state index contributed by atoms with van der Waals surface area (Å²) in [5.41, 5.74) is -0.931. The molecule has 0 radical (unpaired) electrons. The van der Waals surface area contributed by atoms with Gasteiger partial charge in [-0.1, -0.05) is 42.1 Å². The zero-order valence-electron chi connectivity index (χ0n) is 18.6. The van der Waals surface area contributed by atoms with Gasteiger partial charge in [0, 0.05) is 18.1 Å². The summed E-state index contributed by atoms with van der Waals surface area (Å²) in [6, 6.07) is 7.43. The van der Waals surface area contributed by atoms with Gasteiger partial charge in [0.05, 0.1) is 12.3 Å². The van der Waals surface area contributed by atoms with Gasteiger partial charge < -0.3 is 20.4 Å². The van der Waals surface area contributed by atoms with Gasteiger partial charge in [-0.25, -0.2) is 18.2 Å². The van der Waals surface area contributed by atoms with Crippen LogP contribution >= 0.6 is 23.5 Å². The van der Waals surface area contributed by atoms with Gasteiger partial charge in [0.15, 0.2) is 6.10 Å². The molecule has 2 aliphatic rings. The average molecular weight is 558 g/mol. The Morgan fingerprint density at radius 2 is 2.06 bits per heavy atom. The lowest BCUT2D eigenvalue weighted by Gasteiger charge is -2.53. The van der Waals surface area contributed by atoms with E-state index in [-0.39, 0.29) is 35.5 Å². The van der Waals surface area contributed by atoms with E-state index in [1.165, 1.54) is 21.3 Å². The lowest BCUT2D eigenvalue weighted by molar-refractivity contribution is -0.158. The van der Waals surface area contributed by atoms with E-state index in [4.69, 9.17) is 5.14 Å². The van der Waals surface area contributed by atoms with Gasteiger partial charge in [-0.05, 0) is 16.0 Å². The third-order valence-electron chi connectivity index (χ3n) is 5.82. The number of fused-ring (bicyclic) bond motifs is 1. The number of primary sulfonamides is 1. The van der Waals surface area contributed by atoms with Gasteiger partial charge in [-0.15, -0.1) is 16.9 Å². The van der Waals surface area contributed by atoms with Gasteiger partial charge in [-0.3, -0.25) is 14.4 Å². The molecule has 2 saturated heterocycles. The minimum absolute atomic E-state index is 0.0192. The first-order valence-corrected chi connectivity index (χ1v) is 14.3. The summed E-state index contributed by atoms with van der Waals surface area (Å²) in [4.78, 5) is 38.9. The van der Waals surface area contributed by atoms with E-state index < -0.39 is 50.7 Å². The number of β-lactam (4-membered cyclic amide) rings is 1. The first-order chi connectivity index (χ1) is 17.0. The fourth-order valence-corrected chi connectivity index (χ4v) is 6.97. The van der Waals surface area contributed by atoms with E-state index in [9.17, 15) is 33.0 Å². The Labute approximate surface area is 214 Å². The van der Waals surface area contributed by atoms with Crippen LogP contribution in [0.4, 0.5) is 0 Å². The van der Waals surface area contributed by atoms with Crippen molar-refractivity contribution in [1.29, 1.82) is 0 Å². The first-order valence-electron chi connectivity index (χ1n) is 10.6. The van der Waals surface area contributed by atoms with Crippen molar-refractivity contribution < 1.29 is 33.0 Å². The second-order valence-electron chi connectivity index (χ2n) is 8.39. The third-order valence-corrected chi connectivity index (χ3v) is 9.41. The topological polar surface area (TPSA) is 211 Å². The number of sulfonamides is 1. The molecule has 1 aromatic carbocycles. The van der Waals surface area contributed by atoms with Crippen molar-refractivity contribution in [1.82, 2.24) is 30.4 Å². The van der Waals surface area contributed by atoms with Crippen LogP contribution in [0.2, 0.25) is 0 Å². The van der Waals surface area contributed by atoms with E-state index in [1.807, 2.05) is 0 Å². The molecule has 2 aromatic rings. The van der Waals surface area contributed by atoms with Gasteiger partial charge in [0.1, 0.15) is 16.8 Å². The fraction of sp³-hybridized carbons (Fsp3) is 0.474. The third kappa shape index (κ3) is 5.49. The Kier molecular flexibility index (Phi) is 7.56. The number of benzene rings is 1. The molecule has 4 rings (SSSR count). The predicted molar refractivity (Wildman–Crippen MR) is 128 cm³/mol. The zero-order valence-corrected chi connectivity index (χ0v) is 21.1. The van der Waals surface area contributed by atoms with Crippen molar-refractivity contribution in [2.24, 2.45) is 10.6 Å². The van der Waals surface area contributed by atoms with Crippen LogP contribution in [-0.2, 0) is 31.0 Å². The number of aromatic nitrogens is 4. The summed E-state index contributed by atoms with van der Waals surface area (Å²) in [5, 5.41) is 38.7. The highest BCUT2D eigenvalue weighted by Gasteiger charge is 2.57. The summed E-state index contributed by atoms with van der Waals surface area (Å²) >= 11 is 2.26. The summed E-state index contributed by atoms with van der Waals surface area (Å²) in [6.07, 6.45) is -1.43. The molecule has 5 N–H and O–H groups in total. The second-order valence-corrected chi connectivity index (χ2v) is 12.2. The Morgan fingerprint density at radius 3 is 2.72 bits per heavy atom. The first kappa shape index (κ1) is 26.3.